The van der Waals surface area contributed by atoms with E-state index in [9.17, 15) is 18.0 Å². The molecule has 226 valence electrons. The SMILES string of the molecule is COCCNc1cc(Nc2ccc(C(=O)N3CCC(N4CCOCC4)CC3)c3c2OCC3)nc2[nH]cc(C(F)(F)F)c12. The number of piperidine rings is 1. The van der Waals surface area contributed by atoms with Crippen LogP contribution in [0.3, 0.4) is 0 Å². The third-order valence-corrected chi connectivity index (χ3v) is 8.23. The number of pyridine rings is 1. The van der Waals surface area contributed by atoms with Crippen molar-refractivity contribution < 1.29 is 32.2 Å². The molecule has 6 rings (SSSR count). The molecule has 42 heavy (non-hydrogen) atoms. The van der Waals surface area contributed by atoms with Crippen LogP contribution in [0.4, 0.5) is 30.4 Å². The first-order chi connectivity index (χ1) is 20.3. The minimum Gasteiger partial charge on any atom is -0.491 e. The number of halogens is 3. The van der Waals surface area contributed by atoms with Crippen LogP contribution in [0.15, 0.2) is 24.4 Å². The third kappa shape index (κ3) is 5.72. The number of likely N-dealkylation sites (tertiary alicyclic amines) is 1. The Labute approximate surface area is 241 Å². The molecule has 1 aromatic carbocycles. The zero-order valence-corrected chi connectivity index (χ0v) is 23.5. The average Bonchev–Trinajstić information content (AvgIpc) is 3.66. The Morgan fingerprint density at radius 3 is 2.67 bits per heavy atom. The molecular weight excluding hydrogens is 553 g/mol. The third-order valence-electron chi connectivity index (χ3n) is 8.23. The first kappa shape index (κ1) is 28.6. The van der Waals surface area contributed by atoms with E-state index in [1.165, 1.54) is 7.11 Å². The Bertz CT molecular complexity index is 1430. The number of anilines is 3. The van der Waals surface area contributed by atoms with Gasteiger partial charge in [0.2, 0.25) is 0 Å². The molecule has 3 aromatic rings. The smallest absolute Gasteiger partial charge is 0.418 e. The molecule has 2 aromatic heterocycles. The summed E-state index contributed by atoms with van der Waals surface area (Å²) in [5.74, 6) is 0.904. The fourth-order valence-electron chi connectivity index (χ4n) is 6.13. The fourth-order valence-corrected chi connectivity index (χ4v) is 6.13. The van der Waals surface area contributed by atoms with E-state index in [1.54, 1.807) is 18.2 Å². The van der Waals surface area contributed by atoms with Crippen molar-refractivity contribution >= 4 is 34.1 Å². The number of fused-ring (bicyclic) bond motifs is 2. The predicted molar refractivity (Wildman–Crippen MR) is 152 cm³/mol. The lowest BCUT2D eigenvalue weighted by Gasteiger charge is -2.40. The molecule has 3 aliphatic rings. The van der Waals surface area contributed by atoms with E-state index in [0.29, 0.717) is 68.1 Å². The van der Waals surface area contributed by atoms with Crippen LogP contribution >= 0.6 is 0 Å². The predicted octanol–water partition coefficient (Wildman–Crippen LogP) is 4.26. The van der Waals surface area contributed by atoms with E-state index in [4.69, 9.17) is 14.2 Å². The van der Waals surface area contributed by atoms with E-state index in [0.717, 1.165) is 50.9 Å². The number of aromatic nitrogens is 2. The van der Waals surface area contributed by atoms with E-state index in [1.807, 2.05) is 4.90 Å². The van der Waals surface area contributed by atoms with Crippen molar-refractivity contribution in [2.24, 2.45) is 0 Å². The standard InChI is InChI=1S/C29H35F3N6O4/c1-40-13-7-33-23-16-24(36-27-25(23)21(17-34-27)29(30,31)32)35-22-3-2-20(19-6-12-42-26(19)22)28(39)38-8-4-18(5-9-38)37-10-14-41-15-11-37/h2-3,16-18H,4-15H2,1H3,(H3,33,34,35,36). The molecule has 0 unspecified atom stereocenters. The van der Waals surface area contributed by atoms with Gasteiger partial charge in [-0.2, -0.15) is 13.2 Å². The van der Waals surface area contributed by atoms with Gasteiger partial charge in [-0.05, 0) is 25.0 Å². The number of nitrogens with zero attached hydrogens (tertiary/aromatic N) is 3. The van der Waals surface area contributed by atoms with Gasteiger partial charge in [0.25, 0.3) is 5.91 Å². The van der Waals surface area contributed by atoms with Gasteiger partial charge in [0, 0.05) is 81.4 Å². The van der Waals surface area contributed by atoms with Gasteiger partial charge in [0.15, 0.2) is 0 Å². The number of hydrogen-bond donors (Lipinski definition) is 3. The number of alkyl halides is 3. The van der Waals surface area contributed by atoms with Crippen LogP contribution in [0.25, 0.3) is 11.0 Å². The summed E-state index contributed by atoms with van der Waals surface area (Å²) in [5.41, 5.74) is 1.64. The van der Waals surface area contributed by atoms with Gasteiger partial charge in [-0.3, -0.25) is 9.69 Å². The number of methoxy groups -OCH3 is 1. The number of carbonyl (C=O) groups is 1. The van der Waals surface area contributed by atoms with Crippen LogP contribution in [0.5, 0.6) is 5.75 Å². The van der Waals surface area contributed by atoms with Crippen molar-refractivity contribution in [3.05, 3.63) is 41.1 Å². The number of H-pyrrole nitrogens is 1. The first-order valence-corrected chi connectivity index (χ1v) is 14.3. The summed E-state index contributed by atoms with van der Waals surface area (Å²) < 4.78 is 57.6. The highest BCUT2D eigenvalue weighted by atomic mass is 19.4. The Kier molecular flexibility index (Phi) is 8.15. The van der Waals surface area contributed by atoms with E-state index < -0.39 is 11.7 Å². The highest BCUT2D eigenvalue weighted by Gasteiger charge is 2.35. The molecular formula is C29H35F3N6O4. The van der Waals surface area contributed by atoms with E-state index >= 15 is 0 Å². The lowest BCUT2D eigenvalue weighted by molar-refractivity contribution is -0.136. The summed E-state index contributed by atoms with van der Waals surface area (Å²) in [5, 5.41) is 6.21. The molecule has 0 aliphatic carbocycles. The minimum absolute atomic E-state index is 0.000956. The molecule has 0 spiro atoms. The van der Waals surface area contributed by atoms with Gasteiger partial charge >= 0.3 is 6.18 Å². The van der Waals surface area contributed by atoms with Crippen LogP contribution in [-0.2, 0) is 22.1 Å². The molecule has 1 amide bonds. The number of rotatable bonds is 8. The van der Waals surface area contributed by atoms with Crippen molar-refractivity contribution in [3.63, 3.8) is 0 Å². The molecule has 10 nitrogen and oxygen atoms in total. The highest BCUT2D eigenvalue weighted by molar-refractivity contribution is 5.98. The van der Waals surface area contributed by atoms with Gasteiger partial charge in [-0.1, -0.05) is 0 Å². The molecule has 0 saturated carbocycles. The summed E-state index contributed by atoms with van der Waals surface area (Å²) in [6, 6.07) is 5.60. The number of morpholine rings is 1. The van der Waals surface area contributed by atoms with E-state index in [-0.39, 0.29) is 22.6 Å². The molecule has 0 radical (unpaired) electrons. The average molecular weight is 589 g/mol. The van der Waals surface area contributed by atoms with Crippen LogP contribution in [-0.4, -0.2) is 98.0 Å². The van der Waals surface area contributed by atoms with Gasteiger partial charge < -0.3 is 34.7 Å². The van der Waals surface area contributed by atoms with Crippen LogP contribution < -0.4 is 15.4 Å². The summed E-state index contributed by atoms with van der Waals surface area (Å²) in [7, 11) is 1.52. The normalized spacial score (nSPS) is 18.2. The molecule has 3 N–H and O–H groups in total. The lowest BCUT2D eigenvalue weighted by atomic mass is 9.99. The Morgan fingerprint density at radius 1 is 1.14 bits per heavy atom. The quantitative estimate of drug-likeness (QED) is 0.336. The topological polar surface area (TPSA) is 104 Å². The summed E-state index contributed by atoms with van der Waals surface area (Å²) in [6.45, 7) is 5.90. The Balaban J connectivity index is 1.22. The maximum absolute atomic E-state index is 13.7. The largest absolute Gasteiger partial charge is 0.491 e. The number of amides is 1. The second kappa shape index (κ2) is 12.0. The van der Waals surface area contributed by atoms with Crippen molar-refractivity contribution in [2.75, 3.05) is 76.9 Å². The first-order valence-electron chi connectivity index (χ1n) is 14.3. The lowest BCUT2D eigenvalue weighted by Crippen LogP contribution is -2.50. The van der Waals surface area contributed by atoms with Crippen molar-refractivity contribution in [2.45, 2.75) is 31.5 Å². The molecule has 5 heterocycles. The zero-order valence-electron chi connectivity index (χ0n) is 23.5. The van der Waals surface area contributed by atoms with Crippen LogP contribution in [0.1, 0.15) is 34.3 Å². The molecule has 2 fully saturated rings. The Morgan fingerprint density at radius 2 is 1.93 bits per heavy atom. The number of carbonyl (C=O) groups excluding carboxylic acids is 1. The molecule has 3 aliphatic heterocycles. The molecule has 0 atom stereocenters. The van der Waals surface area contributed by atoms with Gasteiger partial charge in [-0.15, -0.1) is 0 Å². The van der Waals surface area contributed by atoms with Gasteiger partial charge in [0.1, 0.15) is 17.2 Å². The van der Waals surface area contributed by atoms with Crippen LogP contribution in [0, 0.1) is 0 Å². The van der Waals surface area contributed by atoms with Crippen molar-refractivity contribution in [3.8, 4) is 5.75 Å². The summed E-state index contributed by atoms with van der Waals surface area (Å²) in [4.78, 5) is 25.1. The molecule has 0 bridgehead atoms. The second-order valence-corrected chi connectivity index (χ2v) is 10.8. The zero-order chi connectivity index (χ0) is 29.3. The number of hydrogen-bond acceptors (Lipinski definition) is 8. The van der Waals surface area contributed by atoms with E-state index in [2.05, 4.69) is 25.5 Å². The molecule has 2 saturated heterocycles. The highest BCUT2D eigenvalue weighted by Crippen LogP contribution is 2.41. The number of ether oxygens (including phenoxy) is 3. The van der Waals surface area contributed by atoms with Crippen LogP contribution in [0.2, 0.25) is 0 Å². The second-order valence-electron chi connectivity index (χ2n) is 10.8. The molecule has 13 heteroatoms. The summed E-state index contributed by atoms with van der Waals surface area (Å²) >= 11 is 0. The number of benzene rings is 1. The maximum Gasteiger partial charge on any atom is 0.418 e. The van der Waals surface area contributed by atoms with Gasteiger partial charge in [-0.25, -0.2) is 4.98 Å². The van der Waals surface area contributed by atoms with Crippen molar-refractivity contribution in [1.29, 1.82) is 0 Å². The minimum atomic E-state index is -4.54. The van der Waals surface area contributed by atoms with Crippen molar-refractivity contribution in [1.82, 2.24) is 19.8 Å². The fraction of sp³-hybridized carbons (Fsp3) is 0.517. The number of aromatic amines is 1. The monoisotopic (exact) mass is 588 g/mol. The maximum atomic E-state index is 13.7. The Hall–Kier alpha value is -3.55. The van der Waals surface area contributed by atoms with Gasteiger partial charge in [0.05, 0.1) is 43.1 Å². The summed E-state index contributed by atoms with van der Waals surface area (Å²) in [6.07, 6.45) is -1.14. The number of nitrogens with one attached hydrogen (secondary N) is 3.